The summed E-state index contributed by atoms with van der Waals surface area (Å²) in [5.74, 6) is 1.84. The van der Waals surface area contributed by atoms with E-state index in [0.29, 0.717) is 0 Å². The van der Waals surface area contributed by atoms with Crippen molar-refractivity contribution in [2.75, 3.05) is 32.7 Å². The van der Waals surface area contributed by atoms with Crippen LogP contribution in [0.1, 0.15) is 12.7 Å². The minimum Gasteiger partial charge on any atom is -0.481 e. The molecule has 25 heavy (non-hydrogen) atoms. The molecule has 0 spiro atoms. The van der Waals surface area contributed by atoms with Crippen molar-refractivity contribution in [3.05, 3.63) is 48.5 Å². The molecule has 1 saturated heterocycles. The summed E-state index contributed by atoms with van der Waals surface area (Å²) in [6, 6.07) is 9.50. The highest BCUT2D eigenvalue weighted by Crippen LogP contribution is 2.13. The first kappa shape index (κ1) is 17.5. The largest absolute Gasteiger partial charge is 0.481 e. The Morgan fingerprint density at radius 2 is 1.88 bits per heavy atom. The highest BCUT2D eigenvalue weighted by Gasteiger charge is 2.25. The fraction of sp³-hybridized carbons (Fsp3) is 0.474. The fourth-order valence-corrected chi connectivity index (χ4v) is 3.09. The Kier molecular flexibility index (Phi) is 5.71. The molecule has 0 N–H and O–H groups in total. The van der Waals surface area contributed by atoms with Gasteiger partial charge >= 0.3 is 0 Å². The van der Waals surface area contributed by atoms with E-state index in [1.54, 1.807) is 0 Å². The minimum absolute atomic E-state index is 0.0638. The van der Waals surface area contributed by atoms with E-state index in [9.17, 15) is 4.79 Å². The molecule has 2 aromatic rings. The topological polar surface area (TPSA) is 50.6 Å². The predicted octanol–water partition coefficient (Wildman–Crippen LogP) is 1.80. The summed E-state index contributed by atoms with van der Waals surface area (Å²) in [5, 5.41) is 0. The summed E-state index contributed by atoms with van der Waals surface area (Å²) in [7, 11) is 0. The second-order valence-electron chi connectivity index (χ2n) is 6.41. The molecule has 1 atom stereocenters. The lowest BCUT2D eigenvalue weighted by molar-refractivity contribution is -0.139. The fourth-order valence-electron chi connectivity index (χ4n) is 3.09. The van der Waals surface area contributed by atoms with E-state index in [1.165, 1.54) is 0 Å². The van der Waals surface area contributed by atoms with Gasteiger partial charge in [0.2, 0.25) is 0 Å². The summed E-state index contributed by atoms with van der Waals surface area (Å²) >= 11 is 0. The Morgan fingerprint density at radius 1 is 1.16 bits per heavy atom. The Hall–Kier alpha value is -2.34. The average molecular weight is 342 g/mol. The van der Waals surface area contributed by atoms with Crippen molar-refractivity contribution in [2.24, 2.45) is 0 Å². The maximum Gasteiger partial charge on any atom is 0.263 e. The standard InChI is InChI=1S/C19H26N4O2/c1-16(25-18-6-4-3-5-7-18)19(24)23-14-11-21(12-15-23)10-13-22-9-8-20-17(22)2/h3-9,16H,10-15H2,1-2H3. The number of carbonyl (C=O) groups is 1. The van der Waals surface area contributed by atoms with Gasteiger partial charge in [-0.2, -0.15) is 0 Å². The van der Waals surface area contributed by atoms with Gasteiger partial charge in [0.25, 0.3) is 5.91 Å². The molecule has 6 nitrogen and oxygen atoms in total. The number of benzene rings is 1. The number of piperazine rings is 1. The number of aromatic nitrogens is 2. The van der Waals surface area contributed by atoms with E-state index >= 15 is 0 Å². The lowest BCUT2D eigenvalue weighted by atomic mass is 10.2. The van der Waals surface area contributed by atoms with E-state index in [0.717, 1.165) is 50.8 Å². The van der Waals surface area contributed by atoms with Gasteiger partial charge in [0, 0.05) is 51.7 Å². The van der Waals surface area contributed by atoms with Crippen LogP contribution in [0.3, 0.4) is 0 Å². The molecule has 2 heterocycles. The first-order valence-electron chi connectivity index (χ1n) is 8.84. The van der Waals surface area contributed by atoms with Crippen molar-refractivity contribution >= 4 is 5.91 Å². The summed E-state index contributed by atoms with van der Waals surface area (Å²) in [6.45, 7) is 9.07. The average Bonchev–Trinajstić information content (AvgIpc) is 3.05. The van der Waals surface area contributed by atoms with Crippen LogP contribution in [0.4, 0.5) is 0 Å². The smallest absolute Gasteiger partial charge is 0.263 e. The van der Waals surface area contributed by atoms with Crippen LogP contribution in [0, 0.1) is 6.92 Å². The van der Waals surface area contributed by atoms with Crippen molar-refractivity contribution in [1.82, 2.24) is 19.4 Å². The molecule has 1 amide bonds. The molecule has 0 radical (unpaired) electrons. The van der Waals surface area contributed by atoms with Gasteiger partial charge in [0.15, 0.2) is 6.10 Å². The van der Waals surface area contributed by atoms with Gasteiger partial charge in [0.1, 0.15) is 11.6 Å². The molecule has 0 bridgehead atoms. The summed E-state index contributed by atoms with van der Waals surface area (Å²) < 4.78 is 7.91. The summed E-state index contributed by atoms with van der Waals surface area (Å²) in [5.41, 5.74) is 0. The van der Waals surface area contributed by atoms with Crippen LogP contribution in [-0.2, 0) is 11.3 Å². The molecule has 1 aromatic carbocycles. The van der Waals surface area contributed by atoms with E-state index in [1.807, 2.05) is 61.5 Å². The van der Waals surface area contributed by atoms with Gasteiger partial charge in [-0.3, -0.25) is 9.69 Å². The Balaban J connectivity index is 1.43. The molecule has 0 saturated carbocycles. The molecule has 6 heteroatoms. The number of hydrogen-bond donors (Lipinski definition) is 0. The molecule has 134 valence electrons. The molecular formula is C19H26N4O2. The van der Waals surface area contributed by atoms with Gasteiger partial charge in [-0.1, -0.05) is 18.2 Å². The third-order valence-corrected chi connectivity index (χ3v) is 4.67. The zero-order valence-corrected chi connectivity index (χ0v) is 15.0. The van der Waals surface area contributed by atoms with E-state index in [2.05, 4.69) is 14.5 Å². The number of hydrogen-bond acceptors (Lipinski definition) is 4. The Labute approximate surface area is 149 Å². The van der Waals surface area contributed by atoms with Crippen LogP contribution in [0.2, 0.25) is 0 Å². The zero-order chi connectivity index (χ0) is 17.6. The van der Waals surface area contributed by atoms with Crippen LogP contribution in [0.15, 0.2) is 42.7 Å². The summed E-state index contributed by atoms with van der Waals surface area (Å²) in [4.78, 5) is 21.1. The van der Waals surface area contributed by atoms with Crippen molar-refractivity contribution in [1.29, 1.82) is 0 Å². The van der Waals surface area contributed by atoms with Gasteiger partial charge in [-0.05, 0) is 26.0 Å². The molecule has 1 aromatic heterocycles. The van der Waals surface area contributed by atoms with Crippen molar-refractivity contribution < 1.29 is 9.53 Å². The SMILES string of the molecule is Cc1nccn1CCN1CCN(C(=O)C(C)Oc2ccccc2)CC1. The number of imidazole rings is 1. The quantitative estimate of drug-likeness (QED) is 0.803. The first-order valence-corrected chi connectivity index (χ1v) is 8.84. The second-order valence-corrected chi connectivity index (χ2v) is 6.41. The number of aryl methyl sites for hydroxylation is 1. The zero-order valence-electron chi connectivity index (χ0n) is 15.0. The van der Waals surface area contributed by atoms with E-state index in [4.69, 9.17) is 4.74 Å². The number of rotatable bonds is 6. The number of carbonyl (C=O) groups excluding carboxylic acids is 1. The molecule has 0 aliphatic carbocycles. The number of para-hydroxylation sites is 1. The number of nitrogens with zero attached hydrogens (tertiary/aromatic N) is 4. The van der Waals surface area contributed by atoms with Gasteiger partial charge in [0.05, 0.1) is 0 Å². The Bertz CT molecular complexity index is 678. The predicted molar refractivity (Wildman–Crippen MR) is 96.5 cm³/mol. The molecule has 3 rings (SSSR count). The normalized spacial score (nSPS) is 16.6. The third-order valence-electron chi connectivity index (χ3n) is 4.67. The summed E-state index contributed by atoms with van der Waals surface area (Å²) in [6.07, 6.45) is 3.39. The number of ether oxygens (including phenoxy) is 1. The second kappa shape index (κ2) is 8.16. The van der Waals surface area contributed by atoms with Crippen LogP contribution in [-0.4, -0.2) is 64.1 Å². The van der Waals surface area contributed by atoms with Crippen LogP contribution < -0.4 is 4.74 Å². The first-order chi connectivity index (χ1) is 12.1. The maximum atomic E-state index is 12.6. The van der Waals surface area contributed by atoms with E-state index in [-0.39, 0.29) is 5.91 Å². The molecule has 1 aliphatic heterocycles. The van der Waals surface area contributed by atoms with Gasteiger partial charge < -0.3 is 14.2 Å². The lowest BCUT2D eigenvalue weighted by Gasteiger charge is -2.36. The van der Waals surface area contributed by atoms with Crippen LogP contribution in [0.25, 0.3) is 0 Å². The molecule has 1 fully saturated rings. The van der Waals surface area contributed by atoms with Crippen LogP contribution >= 0.6 is 0 Å². The van der Waals surface area contributed by atoms with Crippen molar-refractivity contribution in [3.8, 4) is 5.75 Å². The highest BCUT2D eigenvalue weighted by molar-refractivity contribution is 5.81. The number of amides is 1. The highest BCUT2D eigenvalue weighted by atomic mass is 16.5. The minimum atomic E-state index is -0.456. The molecule has 1 aliphatic rings. The van der Waals surface area contributed by atoms with Crippen LogP contribution in [0.5, 0.6) is 5.75 Å². The van der Waals surface area contributed by atoms with Crippen molar-refractivity contribution in [2.45, 2.75) is 26.5 Å². The Morgan fingerprint density at radius 3 is 2.52 bits per heavy atom. The van der Waals surface area contributed by atoms with Gasteiger partial charge in [-0.15, -0.1) is 0 Å². The van der Waals surface area contributed by atoms with Gasteiger partial charge in [-0.25, -0.2) is 4.98 Å². The molecular weight excluding hydrogens is 316 g/mol. The lowest BCUT2D eigenvalue weighted by Crippen LogP contribution is -2.52. The van der Waals surface area contributed by atoms with E-state index < -0.39 is 6.10 Å². The molecule has 1 unspecified atom stereocenters. The monoisotopic (exact) mass is 342 g/mol. The maximum absolute atomic E-state index is 12.6. The third kappa shape index (κ3) is 4.60. The van der Waals surface area contributed by atoms with Crippen molar-refractivity contribution in [3.63, 3.8) is 0 Å².